The molecule has 1 aromatic rings. The molecule has 1 aromatic carbocycles. The van der Waals surface area contributed by atoms with E-state index in [-0.39, 0.29) is 30.5 Å². The van der Waals surface area contributed by atoms with Crippen molar-refractivity contribution in [2.75, 3.05) is 6.61 Å². The van der Waals surface area contributed by atoms with Crippen LogP contribution in [-0.2, 0) is 16.0 Å². The van der Waals surface area contributed by atoms with E-state index in [1.807, 2.05) is 25.1 Å². The first-order chi connectivity index (χ1) is 9.22. The van der Waals surface area contributed by atoms with Crippen LogP contribution in [0.3, 0.4) is 0 Å². The predicted octanol–water partition coefficient (Wildman–Crippen LogP) is 2.21. The van der Waals surface area contributed by atoms with Gasteiger partial charge in [0, 0.05) is 6.04 Å². The molecule has 108 valence electrons. The number of nitrogens with one attached hydrogen (secondary N) is 1. The van der Waals surface area contributed by atoms with Crippen LogP contribution in [0.1, 0.15) is 30.9 Å². The number of hydrogen-bond acceptors (Lipinski definition) is 4. The first-order valence-corrected chi connectivity index (χ1v) is 6.64. The van der Waals surface area contributed by atoms with Crippen LogP contribution >= 0.6 is 12.4 Å². The van der Waals surface area contributed by atoms with Crippen molar-refractivity contribution in [1.82, 2.24) is 5.32 Å². The van der Waals surface area contributed by atoms with Crippen LogP contribution < -0.4 is 5.32 Å². The molecule has 1 N–H and O–H groups in total. The Balaban J connectivity index is 0.00000200. The largest absolute Gasteiger partial charge is 0.465 e. The number of ether oxygens (including phenoxy) is 1. The third-order valence-electron chi connectivity index (χ3n) is 3.35. The summed E-state index contributed by atoms with van der Waals surface area (Å²) in [6.07, 6.45) is 2.62. The summed E-state index contributed by atoms with van der Waals surface area (Å²) in [5.41, 5.74) is 1.80. The van der Waals surface area contributed by atoms with Crippen molar-refractivity contribution in [3.05, 3.63) is 35.4 Å². The molecule has 0 amide bonds. The predicted molar refractivity (Wildman–Crippen MR) is 78.7 cm³/mol. The van der Waals surface area contributed by atoms with E-state index in [0.717, 1.165) is 24.8 Å². The lowest BCUT2D eigenvalue weighted by Crippen LogP contribution is -2.37. The molecular formula is C15H19ClN2O2. The van der Waals surface area contributed by atoms with Crippen LogP contribution in [-0.4, -0.2) is 24.7 Å². The van der Waals surface area contributed by atoms with Gasteiger partial charge in [0.15, 0.2) is 0 Å². The Hall–Kier alpha value is -1.57. The fourth-order valence-electron chi connectivity index (χ4n) is 2.46. The Kier molecular flexibility index (Phi) is 6.50. The zero-order chi connectivity index (χ0) is 13.7. The number of hydrogen-bond donors (Lipinski definition) is 1. The standard InChI is InChI=1S/C15H18N2O2.ClH/c1-2-19-15(18)14-7-6-13(17-14)9-11-4-3-5-12(8-11)10-16;/h3-5,8,13-14,17H,2,6-7,9H2,1H3;1H. The SMILES string of the molecule is CCOC(=O)C1CCC(Cc2cccc(C#N)c2)N1.Cl. The van der Waals surface area contributed by atoms with Gasteiger partial charge in [0.25, 0.3) is 0 Å². The lowest BCUT2D eigenvalue weighted by Gasteiger charge is -2.13. The molecule has 20 heavy (non-hydrogen) atoms. The van der Waals surface area contributed by atoms with E-state index in [1.54, 1.807) is 6.07 Å². The molecule has 1 heterocycles. The molecule has 1 aliphatic rings. The Morgan fingerprint density at radius 1 is 1.50 bits per heavy atom. The third kappa shape index (κ3) is 4.22. The Morgan fingerprint density at radius 3 is 3.00 bits per heavy atom. The average Bonchev–Trinajstić information content (AvgIpc) is 2.88. The highest BCUT2D eigenvalue weighted by molar-refractivity contribution is 5.85. The number of benzene rings is 1. The molecule has 1 fully saturated rings. The molecule has 2 unspecified atom stereocenters. The van der Waals surface area contributed by atoms with E-state index in [0.29, 0.717) is 12.2 Å². The molecule has 2 rings (SSSR count). The second-order valence-electron chi connectivity index (χ2n) is 4.76. The summed E-state index contributed by atoms with van der Waals surface area (Å²) < 4.78 is 5.02. The molecule has 2 atom stereocenters. The quantitative estimate of drug-likeness (QED) is 0.865. The summed E-state index contributed by atoms with van der Waals surface area (Å²) in [7, 11) is 0. The van der Waals surface area contributed by atoms with Crippen LogP contribution in [0.15, 0.2) is 24.3 Å². The van der Waals surface area contributed by atoms with Crippen molar-refractivity contribution < 1.29 is 9.53 Å². The molecule has 4 nitrogen and oxygen atoms in total. The van der Waals surface area contributed by atoms with Gasteiger partial charge >= 0.3 is 5.97 Å². The highest BCUT2D eigenvalue weighted by atomic mass is 35.5. The van der Waals surface area contributed by atoms with Crippen LogP contribution in [0.4, 0.5) is 0 Å². The molecule has 0 radical (unpaired) electrons. The Morgan fingerprint density at radius 2 is 2.30 bits per heavy atom. The number of halogens is 1. The van der Waals surface area contributed by atoms with E-state index in [1.165, 1.54) is 0 Å². The van der Waals surface area contributed by atoms with Gasteiger partial charge in [-0.05, 0) is 43.9 Å². The van der Waals surface area contributed by atoms with Gasteiger partial charge in [-0.15, -0.1) is 12.4 Å². The van der Waals surface area contributed by atoms with Crippen molar-refractivity contribution in [3.63, 3.8) is 0 Å². The maximum Gasteiger partial charge on any atom is 0.323 e. The monoisotopic (exact) mass is 294 g/mol. The molecule has 1 saturated heterocycles. The summed E-state index contributed by atoms with van der Waals surface area (Å²) in [4.78, 5) is 11.6. The van der Waals surface area contributed by atoms with Crippen LogP contribution in [0.25, 0.3) is 0 Å². The smallest absolute Gasteiger partial charge is 0.323 e. The van der Waals surface area contributed by atoms with Gasteiger partial charge in [-0.3, -0.25) is 4.79 Å². The molecule has 0 aromatic heterocycles. The molecule has 0 saturated carbocycles. The lowest BCUT2D eigenvalue weighted by molar-refractivity contribution is -0.145. The van der Waals surface area contributed by atoms with Crippen molar-refractivity contribution in [3.8, 4) is 6.07 Å². The number of esters is 1. The summed E-state index contributed by atoms with van der Waals surface area (Å²) >= 11 is 0. The second-order valence-corrected chi connectivity index (χ2v) is 4.76. The third-order valence-corrected chi connectivity index (χ3v) is 3.35. The minimum atomic E-state index is -0.177. The minimum absolute atomic E-state index is 0. The maximum absolute atomic E-state index is 11.6. The lowest BCUT2D eigenvalue weighted by atomic mass is 10.0. The van der Waals surface area contributed by atoms with Crippen molar-refractivity contribution >= 4 is 18.4 Å². The first kappa shape index (κ1) is 16.5. The summed E-state index contributed by atoms with van der Waals surface area (Å²) in [5.74, 6) is -0.157. The molecule has 0 bridgehead atoms. The molecule has 0 spiro atoms. The number of rotatable bonds is 4. The minimum Gasteiger partial charge on any atom is -0.465 e. The van der Waals surface area contributed by atoms with Crippen molar-refractivity contribution in [2.24, 2.45) is 0 Å². The first-order valence-electron chi connectivity index (χ1n) is 6.64. The van der Waals surface area contributed by atoms with Gasteiger partial charge in [-0.2, -0.15) is 5.26 Å². The second kappa shape index (κ2) is 7.88. The zero-order valence-corrected chi connectivity index (χ0v) is 12.3. The van der Waals surface area contributed by atoms with Crippen molar-refractivity contribution in [1.29, 1.82) is 5.26 Å². The van der Waals surface area contributed by atoms with Gasteiger partial charge in [0.2, 0.25) is 0 Å². The van der Waals surface area contributed by atoms with Gasteiger partial charge in [-0.25, -0.2) is 0 Å². The van der Waals surface area contributed by atoms with Gasteiger partial charge < -0.3 is 10.1 Å². The Labute approximate surface area is 125 Å². The maximum atomic E-state index is 11.6. The summed E-state index contributed by atoms with van der Waals surface area (Å²) in [6, 6.07) is 9.85. The fourth-order valence-corrected chi connectivity index (χ4v) is 2.46. The summed E-state index contributed by atoms with van der Waals surface area (Å²) in [6.45, 7) is 2.24. The normalized spacial score (nSPS) is 20.8. The molecular weight excluding hydrogens is 276 g/mol. The van der Waals surface area contributed by atoms with Crippen molar-refractivity contribution in [2.45, 2.75) is 38.3 Å². The van der Waals surface area contributed by atoms with Gasteiger partial charge in [0.1, 0.15) is 6.04 Å². The molecule has 1 aliphatic heterocycles. The highest BCUT2D eigenvalue weighted by Crippen LogP contribution is 2.18. The van der Waals surface area contributed by atoms with E-state index >= 15 is 0 Å². The molecule has 5 heteroatoms. The Bertz CT molecular complexity index is 499. The van der Waals surface area contributed by atoms with Gasteiger partial charge in [-0.1, -0.05) is 12.1 Å². The number of nitriles is 1. The van der Waals surface area contributed by atoms with Crippen LogP contribution in [0, 0.1) is 11.3 Å². The van der Waals surface area contributed by atoms with Crippen LogP contribution in [0.2, 0.25) is 0 Å². The fraction of sp³-hybridized carbons (Fsp3) is 0.467. The molecule has 0 aliphatic carbocycles. The number of carbonyl (C=O) groups excluding carboxylic acids is 1. The highest BCUT2D eigenvalue weighted by Gasteiger charge is 2.29. The van der Waals surface area contributed by atoms with Crippen LogP contribution in [0.5, 0.6) is 0 Å². The van der Waals surface area contributed by atoms with E-state index in [2.05, 4.69) is 11.4 Å². The van der Waals surface area contributed by atoms with E-state index < -0.39 is 0 Å². The average molecular weight is 295 g/mol. The number of carbonyl (C=O) groups is 1. The summed E-state index contributed by atoms with van der Waals surface area (Å²) in [5, 5.41) is 12.2. The zero-order valence-electron chi connectivity index (χ0n) is 11.5. The van der Waals surface area contributed by atoms with E-state index in [9.17, 15) is 4.79 Å². The topological polar surface area (TPSA) is 62.1 Å². The number of nitrogens with zero attached hydrogens (tertiary/aromatic N) is 1. The van der Waals surface area contributed by atoms with Gasteiger partial charge in [0.05, 0.1) is 18.2 Å². The van der Waals surface area contributed by atoms with E-state index in [4.69, 9.17) is 10.00 Å².